The summed E-state index contributed by atoms with van der Waals surface area (Å²) in [5.74, 6) is 6.23. The van der Waals surface area contributed by atoms with Crippen molar-refractivity contribution >= 4 is 6.09 Å². The van der Waals surface area contributed by atoms with Gasteiger partial charge in [-0.05, 0) is 28.8 Å². The minimum Gasteiger partial charge on any atom is -0.445 e. The molecule has 0 radical (unpaired) electrons. The largest absolute Gasteiger partial charge is 0.445 e. The van der Waals surface area contributed by atoms with Crippen molar-refractivity contribution in [3.8, 4) is 23.0 Å². The van der Waals surface area contributed by atoms with Gasteiger partial charge in [0.2, 0.25) is 0 Å². The summed E-state index contributed by atoms with van der Waals surface area (Å²) in [6.45, 7) is 0.726. The molecule has 0 aliphatic heterocycles. The van der Waals surface area contributed by atoms with Crippen LogP contribution in [0.3, 0.4) is 0 Å². The van der Waals surface area contributed by atoms with E-state index in [-0.39, 0.29) is 6.61 Å². The van der Waals surface area contributed by atoms with E-state index in [1.165, 1.54) is 5.56 Å². The van der Waals surface area contributed by atoms with E-state index >= 15 is 0 Å². The molecule has 134 valence electrons. The maximum absolute atomic E-state index is 11.7. The third-order valence-electron chi connectivity index (χ3n) is 3.93. The van der Waals surface area contributed by atoms with Crippen LogP contribution in [0, 0.1) is 11.8 Å². The van der Waals surface area contributed by atoms with Crippen LogP contribution in [0.5, 0.6) is 0 Å². The number of amides is 1. The fourth-order valence-corrected chi connectivity index (χ4v) is 2.57. The highest BCUT2D eigenvalue weighted by Gasteiger charge is 2.01. The number of carbonyl (C=O) groups excluding carboxylic acids is 1. The first-order valence-electron chi connectivity index (χ1n) is 8.90. The van der Waals surface area contributed by atoms with E-state index in [0.29, 0.717) is 13.0 Å². The first-order valence-corrected chi connectivity index (χ1v) is 8.90. The van der Waals surface area contributed by atoms with Gasteiger partial charge in [0.25, 0.3) is 0 Å². The van der Waals surface area contributed by atoms with E-state index in [2.05, 4.69) is 41.4 Å². The van der Waals surface area contributed by atoms with E-state index in [1.807, 2.05) is 60.7 Å². The fourth-order valence-electron chi connectivity index (χ4n) is 2.57. The standard InChI is InChI=1S/C24H21NO2/c26-24(27-19-21-11-3-1-4-12-21)25-17-8-7-10-20-13-9-16-23(18-20)22-14-5-2-6-15-22/h1-6,9,11-16,18H,8,17,19H2,(H,25,26). The molecule has 0 aliphatic carbocycles. The van der Waals surface area contributed by atoms with Crippen LogP contribution in [-0.2, 0) is 11.3 Å². The van der Waals surface area contributed by atoms with Crippen LogP contribution >= 0.6 is 0 Å². The van der Waals surface area contributed by atoms with Crippen LogP contribution in [0.15, 0.2) is 84.9 Å². The third kappa shape index (κ3) is 6.05. The third-order valence-corrected chi connectivity index (χ3v) is 3.93. The van der Waals surface area contributed by atoms with E-state index in [0.717, 1.165) is 16.7 Å². The maximum atomic E-state index is 11.7. The van der Waals surface area contributed by atoms with Gasteiger partial charge in [-0.3, -0.25) is 0 Å². The van der Waals surface area contributed by atoms with Crippen molar-refractivity contribution in [2.24, 2.45) is 0 Å². The lowest BCUT2D eigenvalue weighted by Crippen LogP contribution is -2.24. The average Bonchev–Trinajstić information content (AvgIpc) is 2.74. The normalized spacial score (nSPS) is 9.78. The number of benzene rings is 3. The highest BCUT2D eigenvalue weighted by molar-refractivity contribution is 5.67. The van der Waals surface area contributed by atoms with Gasteiger partial charge in [0.1, 0.15) is 6.61 Å². The van der Waals surface area contributed by atoms with Gasteiger partial charge in [0.05, 0.1) is 0 Å². The summed E-state index contributed by atoms with van der Waals surface area (Å²) in [7, 11) is 0. The molecule has 0 saturated heterocycles. The maximum Gasteiger partial charge on any atom is 0.407 e. The van der Waals surface area contributed by atoms with E-state index in [9.17, 15) is 4.79 Å². The summed E-state index contributed by atoms with van der Waals surface area (Å²) >= 11 is 0. The van der Waals surface area contributed by atoms with Gasteiger partial charge >= 0.3 is 6.09 Å². The zero-order chi connectivity index (χ0) is 18.7. The summed E-state index contributed by atoms with van der Waals surface area (Å²) in [5.41, 5.74) is 4.24. The van der Waals surface area contributed by atoms with Crippen molar-refractivity contribution in [1.29, 1.82) is 0 Å². The molecule has 0 aromatic heterocycles. The monoisotopic (exact) mass is 355 g/mol. The summed E-state index contributed by atoms with van der Waals surface area (Å²) in [6, 6.07) is 28.0. The Labute approximate surface area is 160 Å². The van der Waals surface area contributed by atoms with Crippen molar-refractivity contribution in [1.82, 2.24) is 5.32 Å². The van der Waals surface area contributed by atoms with Crippen LogP contribution in [0.1, 0.15) is 17.5 Å². The second kappa shape index (κ2) is 9.84. The minimum atomic E-state index is -0.424. The van der Waals surface area contributed by atoms with Crippen molar-refractivity contribution in [2.75, 3.05) is 6.54 Å². The quantitative estimate of drug-likeness (QED) is 0.515. The molecule has 1 amide bonds. The van der Waals surface area contributed by atoms with Gasteiger partial charge in [-0.1, -0.05) is 84.6 Å². The summed E-state index contributed by atoms with van der Waals surface area (Å²) in [5, 5.41) is 2.71. The molecular formula is C24H21NO2. The Bertz CT molecular complexity index is 925. The zero-order valence-corrected chi connectivity index (χ0v) is 15.0. The van der Waals surface area contributed by atoms with Gasteiger partial charge in [0, 0.05) is 18.5 Å². The number of hydrogen-bond acceptors (Lipinski definition) is 2. The van der Waals surface area contributed by atoms with Crippen molar-refractivity contribution in [3.63, 3.8) is 0 Å². The average molecular weight is 355 g/mol. The molecule has 0 aliphatic rings. The van der Waals surface area contributed by atoms with E-state index in [4.69, 9.17) is 4.74 Å². The Balaban J connectivity index is 1.43. The molecule has 3 aromatic rings. The molecule has 0 bridgehead atoms. The molecule has 3 rings (SSSR count). The number of nitrogens with one attached hydrogen (secondary N) is 1. The first kappa shape index (κ1) is 18.3. The number of hydrogen-bond donors (Lipinski definition) is 1. The van der Waals surface area contributed by atoms with Crippen LogP contribution in [0.4, 0.5) is 4.79 Å². The first-order chi connectivity index (χ1) is 13.3. The lowest BCUT2D eigenvalue weighted by Gasteiger charge is -2.05. The predicted molar refractivity (Wildman–Crippen MR) is 108 cm³/mol. The molecule has 0 heterocycles. The summed E-state index contributed by atoms with van der Waals surface area (Å²) in [4.78, 5) is 11.7. The molecule has 3 heteroatoms. The van der Waals surface area contributed by atoms with Crippen LogP contribution < -0.4 is 5.32 Å². The molecule has 0 unspecified atom stereocenters. The SMILES string of the molecule is O=C(NCCC#Cc1cccc(-c2ccccc2)c1)OCc1ccccc1. The second-order valence-corrected chi connectivity index (χ2v) is 5.99. The van der Waals surface area contributed by atoms with Crippen molar-refractivity contribution < 1.29 is 9.53 Å². The Morgan fingerprint density at radius 3 is 2.33 bits per heavy atom. The number of ether oxygens (including phenoxy) is 1. The van der Waals surface area contributed by atoms with E-state index in [1.54, 1.807) is 0 Å². The Kier molecular flexibility index (Phi) is 6.66. The zero-order valence-electron chi connectivity index (χ0n) is 15.0. The Hall–Kier alpha value is -3.51. The van der Waals surface area contributed by atoms with Crippen LogP contribution in [0.2, 0.25) is 0 Å². The number of alkyl carbamates (subject to hydrolysis) is 1. The molecule has 27 heavy (non-hydrogen) atoms. The van der Waals surface area contributed by atoms with Gasteiger partial charge in [0.15, 0.2) is 0 Å². The lowest BCUT2D eigenvalue weighted by molar-refractivity contribution is 0.140. The van der Waals surface area contributed by atoms with Crippen molar-refractivity contribution in [3.05, 3.63) is 96.1 Å². The molecule has 0 saturated carbocycles. The molecule has 0 spiro atoms. The minimum absolute atomic E-state index is 0.268. The lowest BCUT2D eigenvalue weighted by atomic mass is 10.0. The topological polar surface area (TPSA) is 38.3 Å². The fraction of sp³-hybridized carbons (Fsp3) is 0.125. The predicted octanol–water partition coefficient (Wildman–Crippen LogP) is 5.02. The number of rotatable bonds is 5. The second-order valence-electron chi connectivity index (χ2n) is 5.99. The Morgan fingerprint density at radius 2 is 1.56 bits per heavy atom. The van der Waals surface area contributed by atoms with Gasteiger partial charge < -0.3 is 10.1 Å². The molecule has 0 fully saturated rings. The summed E-state index contributed by atoms with van der Waals surface area (Å²) < 4.78 is 5.16. The van der Waals surface area contributed by atoms with E-state index < -0.39 is 6.09 Å². The molecule has 3 nitrogen and oxygen atoms in total. The molecular weight excluding hydrogens is 334 g/mol. The molecule has 0 atom stereocenters. The molecule has 3 aromatic carbocycles. The van der Waals surface area contributed by atoms with Crippen LogP contribution in [0.25, 0.3) is 11.1 Å². The van der Waals surface area contributed by atoms with Gasteiger partial charge in [-0.15, -0.1) is 0 Å². The number of carbonyl (C=O) groups is 1. The highest BCUT2D eigenvalue weighted by atomic mass is 16.5. The van der Waals surface area contributed by atoms with Crippen LogP contribution in [-0.4, -0.2) is 12.6 Å². The summed E-state index contributed by atoms with van der Waals surface area (Å²) in [6.07, 6.45) is 0.141. The molecule has 1 N–H and O–H groups in total. The van der Waals surface area contributed by atoms with Crippen molar-refractivity contribution in [2.45, 2.75) is 13.0 Å². The smallest absolute Gasteiger partial charge is 0.407 e. The van der Waals surface area contributed by atoms with Gasteiger partial charge in [-0.25, -0.2) is 4.79 Å². The highest BCUT2D eigenvalue weighted by Crippen LogP contribution is 2.19. The van der Waals surface area contributed by atoms with Gasteiger partial charge in [-0.2, -0.15) is 0 Å². The Morgan fingerprint density at radius 1 is 0.852 bits per heavy atom.